The van der Waals surface area contributed by atoms with E-state index in [4.69, 9.17) is 18.6 Å². The zero-order valence-electron chi connectivity index (χ0n) is 27.4. The Morgan fingerprint density at radius 1 is 0.915 bits per heavy atom. The summed E-state index contributed by atoms with van der Waals surface area (Å²) >= 11 is 0. The van der Waals surface area contributed by atoms with Gasteiger partial charge in [-0.1, -0.05) is 112 Å². The number of hydrogen-bond acceptors (Lipinski definition) is 7. The number of alkyl carbamates (subject to hydrolysis) is 1. The molecule has 3 N–H and O–H groups in total. The fourth-order valence-electron chi connectivity index (χ4n) is 7.30. The predicted molar refractivity (Wildman–Crippen MR) is 181 cm³/mol. The molecule has 3 heterocycles. The topological polar surface area (TPSA) is 119 Å². The summed E-state index contributed by atoms with van der Waals surface area (Å²) in [5, 5.41) is 19.5. The fourth-order valence-corrected chi connectivity index (χ4v) is 11.9. The molecule has 3 aliphatic heterocycles. The molecule has 3 aromatic carbocycles. The van der Waals surface area contributed by atoms with Crippen LogP contribution in [0, 0.1) is 0 Å². The van der Waals surface area contributed by atoms with Crippen LogP contribution in [-0.2, 0) is 30.0 Å². The van der Waals surface area contributed by atoms with E-state index >= 15 is 0 Å². The van der Waals surface area contributed by atoms with E-state index in [-0.39, 0.29) is 42.3 Å². The predicted octanol–water partition coefficient (Wildman–Crippen LogP) is 3.81. The molecule has 0 radical (unpaired) electrons. The molecule has 3 aromatic rings. The van der Waals surface area contributed by atoms with Crippen LogP contribution in [-0.4, -0.2) is 74.6 Å². The van der Waals surface area contributed by atoms with E-state index in [1.165, 1.54) is 10.4 Å². The lowest BCUT2D eigenvalue weighted by Gasteiger charge is -2.43. The number of amides is 2. The standard InChI is InChI=1S/C37H46N2O7Si/c1-36(2,3)47(27-17-9-5-10-18-27,28-19-11-6-12-20-28)44-22-14-13-21-38-34(40)29(39-35(41)43-25-26-15-7-4-8-16-26)23-37(42)24-30-31-32(46-31)33(37)45-30/h4-12,15-20,29-33,42H,13-14,21-25H2,1-3H3,(H,38,40)(H,39,41)/t29-,30?,31?,32?,33?,37?/m0/s1. The van der Waals surface area contributed by atoms with Crippen LogP contribution < -0.4 is 21.0 Å². The molecular formula is C37H46N2O7Si. The molecule has 0 aliphatic carbocycles. The zero-order chi connectivity index (χ0) is 33.1. The monoisotopic (exact) mass is 658 g/mol. The first kappa shape index (κ1) is 33.4. The highest BCUT2D eigenvalue weighted by molar-refractivity contribution is 6.99. The van der Waals surface area contributed by atoms with Crippen LogP contribution in [0.15, 0.2) is 91.0 Å². The van der Waals surface area contributed by atoms with Crippen LogP contribution in [0.2, 0.25) is 5.04 Å². The summed E-state index contributed by atoms with van der Waals surface area (Å²) in [6.07, 6.45) is 0.265. The number of hydrogen-bond donors (Lipinski definition) is 3. The molecule has 3 fully saturated rings. The zero-order valence-corrected chi connectivity index (χ0v) is 28.4. The molecule has 0 spiro atoms. The Bertz CT molecular complexity index is 1460. The first-order valence-electron chi connectivity index (χ1n) is 16.6. The van der Waals surface area contributed by atoms with Crippen molar-refractivity contribution in [2.75, 3.05) is 13.2 Å². The van der Waals surface area contributed by atoms with Gasteiger partial charge in [-0.05, 0) is 33.8 Å². The number of aliphatic hydroxyl groups is 1. The fraction of sp³-hybridized carbons (Fsp3) is 0.459. The number of carbonyl (C=O) groups excluding carboxylic acids is 2. The maximum absolute atomic E-state index is 13.5. The molecule has 0 aromatic heterocycles. The van der Waals surface area contributed by atoms with E-state index in [9.17, 15) is 14.7 Å². The summed E-state index contributed by atoms with van der Waals surface area (Å²) in [5.41, 5.74) is -0.443. The van der Waals surface area contributed by atoms with Gasteiger partial charge in [-0.15, -0.1) is 0 Å². The third kappa shape index (κ3) is 7.17. The quantitative estimate of drug-likeness (QED) is 0.137. The molecule has 2 amide bonds. The lowest BCUT2D eigenvalue weighted by atomic mass is 9.80. The molecule has 6 rings (SSSR count). The van der Waals surface area contributed by atoms with Gasteiger partial charge in [0.15, 0.2) is 0 Å². The lowest BCUT2D eigenvalue weighted by Crippen LogP contribution is -2.66. The molecule has 250 valence electrons. The molecule has 10 heteroatoms. The molecule has 3 saturated heterocycles. The van der Waals surface area contributed by atoms with Gasteiger partial charge < -0.3 is 34.4 Å². The third-order valence-corrected chi connectivity index (χ3v) is 14.7. The average Bonchev–Trinajstić information content (AvgIpc) is 3.70. The summed E-state index contributed by atoms with van der Waals surface area (Å²) in [4.78, 5) is 26.3. The molecule has 6 atom stereocenters. The van der Waals surface area contributed by atoms with Gasteiger partial charge >= 0.3 is 6.09 Å². The van der Waals surface area contributed by atoms with Crippen molar-refractivity contribution in [2.45, 2.75) is 94.2 Å². The highest BCUT2D eigenvalue weighted by Crippen LogP contribution is 2.54. The average molecular weight is 659 g/mol. The third-order valence-electron chi connectivity index (χ3n) is 9.62. The molecule has 0 saturated carbocycles. The van der Waals surface area contributed by atoms with Crippen molar-refractivity contribution in [1.82, 2.24) is 10.6 Å². The molecule has 47 heavy (non-hydrogen) atoms. The molecule has 3 aliphatic rings. The minimum atomic E-state index is -2.64. The van der Waals surface area contributed by atoms with Crippen LogP contribution in [0.25, 0.3) is 0 Å². The van der Waals surface area contributed by atoms with Crippen molar-refractivity contribution in [3.63, 3.8) is 0 Å². The van der Waals surface area contributed by atoms with Gasteiger partial charge in [0.2, 0.25) is 5.91 Å². The number of nitrogens with one attached hydrogen (secondary N) is 2. The van der Waals surface area contributed by atoms with Crippen LogP contribution in [0.1, 0.15) is 52.0 Å². The molecule has 9 nitrogen and oxygen atoms in total. The van der Waals surface area contributed by atoms with Crippen molar-refractivity contribution in [1.29, 1.82) is 0 Å². The number of rotatable bonds is 14. The SMILES string of the molecule is CC(C)(C)[Si](OCCCCNC(=O)[C@H](CC1(O)CC2OC1C1OC21)NC(=O)OCc1ccccc1)(c1ccccc1)c1ccccc1. The maximum atomic E-state index is 13.5. The minimum Gasteiger partial charge on any atom is -0.445 e. The van der Waals surface area contributed by atoms with Crippen molar-refractivity contribution in [3.05, 3.63) is 96.6 Å². The van der Waals surface area contributed by atoms with Gasteiger partial charge in [0.25, 0.3) is 8.32 Å². The highest BCUT2D eigenvalue weighted by Gasteiger charge is 2.70. The van der Waals surface area contributed by atoms with Crippen molar-refractivity contribution in [3.8, 4) is 0 Å². The summed E-state index contributed by atoms with van der Waals surface area (Å²) in [6.45, 7) is 7.77. The Hall–Kier alpha value is -3.54. The normalized spacial score (nSPS) is 25.1. The summed E-state index contributed by atoms with van der Waals surface area (Å²) in [7, 11) is -2.64. The van der Waals surface area contributed by atoms with Gasteiger partial charge in [0, 0.05) is 26.0 Å². The number of fused-ring (bicyclic) bond motifs is 5. The van der Waals surface area contributed by atoms with E-state index in [1.54, 1.807) is 0 Å². The van der Waals surface area contributed by atoms with Crippen LogP contribution in [0.4, 0.5) is 4.79 Å². The smallest absolute Gasteiger partial charge is 0.408 e. The Balaban J connectivity index is 1.06. The molecular weight excluding hydrogens is 613 g/mol. The first-order valence-corrected chi connectivity index (χ1v) is 18.5. The van der Waals surface area contributed by atoms with Crippen molar-refractivity contribution < 1.29 is 33.3 Å². The van der Waals surface area contributed by atoms with Gasteiger partial charge in [-0.2, -0.15) is 0 Å². The number of carbonyl (C=O) groups is 2. The Morgan fingerprint density at radius 3 is 2.11 bits per heavy atom. The Morgan fingerprint density at radius 2 is 1.53 bits per heavy atom. The minimum absolute atomic E-state index is 0.00395. The largest absolute Gasteiger partial charge is 0.445 e. The van der Waals surface area contributed by atoms with E-state index in [0.717, 1.165) is 12.0 Å². The summed E-state index contributed by atoms with van der Waals surface area (Å²) < 4.78 is 23.9. The van der Waals surface area contributed by atoms with Gasteiger partial charge in [-0.3, -0.25) is 4.79 Å². The second-order valence-corrected chi connectivity index (χ2v) is 18.2. The van der Waals surface area contributed by atoms with Crippen LogP contribution in [0.5, 0.6) is 0 Å². The van der Waals surface area contributed by atoms with Gasteiger partial charge in [-0.25, -0.2) is 4.79 Å². The molecule has 2 bridgehead atoms. The van der Waals surface area contributed by atoms with Crippen molar-refractivity contribution in [2.24, 2.45) is 0 Å². The first-order chi connectivity index (χ1) is 22.6. The number of benzene rings is 3. The van der Waals surface area contributed by atoms with Crippen LogP contribution in [0.3, 0.4) is 0 Å². The van der Waals surface area contributed by atoms with Gasteiger partial charge in [0.1, 0.15) is 31.0 Å². The maximum Gasteiger partial charge on any atom is 0.408 e. The number of unbranched alkanes of at least 4 members (excludes halogenated alkanes) is 1. The second kappa shape index (κ2) is 13.9. The van der Waals surface area contributed by atoms with Crippen molar-refractivity contribution >= 4 is 30.7 Å². The van der Waals surface area contributed by atoms with Crippen LogP contribution >= 0.6 is 0 Å². The summed E-state index contributed by atoms with van der Waals surface area (Å²) in [5.74, 6) is -0.376. The summed E-state index contributed by atoms with van der Waals surface area (Å²) in [6, 6.07) is 29.4. The second-order valence-electron chi connectivity index (χ2n) is 13.9. The number of epoxide rings is 1. The van der Waals surface area contributed by atoms with E-state index in [2.05, 4.69) is 79.9 Å². The lowest BCUT2D eigenvalue weighted by molar-refractivity contribution is -0.126. The van der Waals surface area contributed by atoms with E-state index in [1.807, 2.05) is 42.5 Å². The highest BCUT2D eigenvalue weighted by atomic mass is 28.4. The Kier molecular flexibility index (Phi) is 9.87. The van der Waals surface area contributed by atoms with Gasteiger partial charge in [0.05, 0.1) is 11.7 Å². The van der Waals surface area contributed by atoms with E-state index in [0.29, 0.717) is 26.0 Å². The molecule has 5 unspecified atom stereocenters. The van der Waals surface area contributed by atoms with E-state index < -0.39 is 32.2 Å². The number of ether oxygens (including phenoxy) is 3. The Labute approximate surface area is 278 Å².